The molecule has 3 rings (SSSR count). The third-order valence-corrected chi connectivity index (χ3v) is 5.87. The first-order valence-electron chi connectivity index (χ1n) is 12.0. The molecule has 2 aliphatic rings. The van der Waals surface area contributed by atoms with Gasteiger partial charge in [-0.05, 0) is 43.7 Å². The number of carbonyl (C=O) groups is 1. The van der Waals surface area contributed by atoms with Crippen molar-refractivity contribution in [2.75, 3.05) is 19.6 Å². The van der Waals surface area contributed by atoms with Crippen LogP contribution in [-0.4, -0.2) is 40.6 Å². The van der Waals surface area contributed by atoms with Gasteiger partial charge < -0.3 is 9.69 Å². The molecule has 0 atom stereocenters. The van der Waals surface area contributed by atoms with Crippen molar-refractivity contribution in [2.45, 2.75) is 104 Å². The van der Waals surface area contributed by atoms with Crippen molar-refractivity contribution in [1.82, 2.24) is 14.7 Å². The van der Waals surface area contributed by atoms with Gasteiger partial charge >= 0.3 is 0 Å². The van der Waals surface area contributed by atoms with E-state index in [0.29, 0.717) is 12.5 Å². The highest BCUT2D eigenvalue weighted by molar-refractivity contribution is 5.48. The highest BCUT2D eigenvalue weighted by atomic mass is 16.1. The zero-order valence-corrected chi connectivity index (χ0v) is 19.0. The average molecular weight is 392 g/mol. The standard InChI is InChI=1S/C19H33N3.C3H6O.C2H6/c1-2-6-18-15-20-22(16-18)19-10-13-21(14-11-19)12-9-17-7-4-3-5-8-17;1-2-3-4;1-2/h15-17,19H,2-14H2,1H3;3H,2H2,1H3;1-2H3. The van der Waals surface area contributed by atoms with E-state index in [4.69, 9.17) is 0 Å². The predicted octanol–water partition coefficient (Wildman–Crippen LogP) is 6.06. The lowest BCUT2D eigenvalue weighted by Gasteiger charge is -2.33. The van der Waals surface area contributed by atoms with Crippen LogP contribution in [0.5, 0.6) is 0 Å². The normalized spacial score (nSPS) is 18.6. The zero-order chi connectivity index (χ0) is 20.6. The van der Waals surface area contributed by atoms with Crippen LogP contribution in [0.15, 0.2) is 12.4 Å². The summed E-state index contributed by atoms with van der Waals surface area (Å²) in [5.41, 5.74) is 1.40. The molecule has 1 aliphatic carbocycles. The van der Waals surface area contributed by atoms with Gasteiger partial charge in [-0.15, -0.1) is 0 Å². The van der Waals surface area contributed by atoms with Crippen LogP contribution in [0.1, 0.15) is 104 Å². The van der Waals surface area contributed by atoms with Crippen molar-refractivity contribution in [1.29, 1.82) is 0 Å². The van der Waals surface area contributed by atoms with Crippen LogP contribution in [0, 0.1) is 5.92 Å². The molecule has 162 valence electrons. The zero-order valence-electron chi connectivity index (χ0n) is 19.0. The molecule has 0 N–H and O–H groups in total. The van der Waals surface area contributed by atoms with Crippen LogP contribution in [-0.2, 0) is 11.2 Å². The van der Waals surface area contributed by atoms with E-state index in [1.807, 2.05) is 20.8 Å². The monoisotopic (exact) mass is 391 g/mol. The summed E-state index contributed by atoms with van der Waals surface area (Å²) in [6, 6.07) is 0.636. The minimum Gasteiger partial charge on any atom is -0.303 e. The van der Waals surface area contributed by atoms with E-state index < -0.39 is 0 Å². The Morgan fingerprint density at radius 2 is 1.71 bits per heavy atom. The second-order valence-electron chi connectivity index (χ2n) is 8.02. The fourth-order valence-corrected chi connectivity index (χ4v) is 4.24. The number of piperidine rings is 1. The maximum absolute atomic E-state index is 9.17. The van der Waals surface area contributed by atoms with E-state index in [1.54, 1.807) is 0 Å². The van der Waals surface area contributed by atoms with Gasteiger partial charge in [-0.3, -0.25) is 4.68 Å². The maximum atomic E-state index is 9.17. The SMILES string of the molecule is CC.CCC=O.CCCc1cnn(C2CCN(CCC3CCCCC3)CC2)c1. The number of rotatable bonds is 7. The van der Waals surface area contributed by atoms with E-state index in [2.05, 4.69) is 34.0 Å². The molecule has 0 amide bonds. The molecular weight excluding hydrogens is 346 g/mol. The van der Waals surface area contributed by atoms with Gasteiger partial charge in [0.15, 0.2) is 0 Å². The Kier molecular flexibility index (Phi) is 14.0. The molecule has 0 bridgehead atoms. The first kappa shape index (κ1) is 24.9. The molecule has 4 nitrogen and oxygen atoms in total. The molecule has 2 fully saturated rings. The summed E-state index contributed by atoms with van der Waals surface area (Å²) in [5.74, 6) is 1.02. The summed E-state index contributed by atoms with van der Waals surface area (Å²) in [5, 5.41) is 4.60. The highest BCUT2D eigenvalue weighted by Gasteiger charge is 2.22. The van der Waals surface area contributed by atoms with Gasteiger partial charge in [-0.2, -0.15) is 5.10 Å². The number of nitrogens with zero attached hydrogens (tertiary/aromatic N) is 3. The first-order chi connectivity index (χ1) is 13.8. The number of aldehydes is 1. The van der Waals surface area contributed by atoms with Gasteiger partial charge in [-0.1, -0.05) is 66.2 Å². The van der Waals surface area contributed by atoms with Gasteiger partial charge in [0.25, 0.3) is 0 Å². The first-order valence-corrected chi connectivity index (χ1v) is 12.0. The molecular formula is C24H45N3O. The van der Waals surface area contributed by atoms with E-state index in [-0.39, 0.29) is 0 Å². The lowest BCUT2D eigenvalue weighted by Crippen LogP contribution is -2.36. The highest BCUT2D eigenvalue weighted by Crippen LogP contribution is 2.28. The van der Waals surface area contributed by atoms with Crippen molar-refractivity contribution in [3.63, 3.8) is 0 Å². The summed E-state index contributed by atoms with van der Waals surface area (Å²) >= 11 is 0. The summed E-state index contributed by atoms with van der Waals surface area (Å²) in [6.07, 6.45) is 19.7. The number of hydrogen-bond donors (Lipinski definition) is 0. The Morgan fingerprint density at radius 3 is 2.29 bits per heavy atom. The van der Waals surface area contributed by atoms with Crippen LogP contribution in [0.2, 0.25) is 0 Å². The van der Waals surface area contributed by atoms with E-state index in [1.165, 1.54) is 89.4 Å². The molecule has 1 aromatic rings. The summed E-state index contributed by atoms with van der Waals surface area (Å²) < 4.78 is 2.24. The lowest BCUT2D eigenvalue weighted by molar-refractivity contribution is -0.107. The number of carbonyl (C=O) groups excluding carboxylic acids is 1. The lowest BCUT2D eigenvalue weighted by atomic mass is 9.87. The molecule has 0 radical (unpaired) electrons. The fraction of sp³-hybridized carbons (Fsp3) is 0.833. The largest absolute Gasteiger partial charge is 0.303 e. The minimum atomic E-state index is 0.636. The van der Waals surface area contributed by atoms with Crippen LogP contribution in [0.3, 0.4) is 0 Å². The van der Waals surface area contributed by atoms with Gasteiger partial charge in [0.05, 0.1) is 12.2 Å². The van der Waals surface area contributed by atoms with Crippen LogP contribution < -0.4 is 0 Å². The fourth-order valence-electron chi connectivity index (χ4n) is 4.24. The predicted molar refractivity (Wildman–Crippen MR) is 120 cm³/mol. The molecule has 0 aromatic carbocycles. The molecule has 4 heteroatoms. The summed E-state index contributed by atoms with van der Waals surface area (Å²) in [6.45, 7) is 11.9. The van der Waals surface area contributed by atoms with Crippen LogP contribution >= 0.6 is 0 Å². The minimum absolute atomic E-state index is 0.636. The molecule has 0 spiro atoms. The second kappa shape index (κ2) is 15.7. The smallest absolute Gasteiger partial charge is 0.119 e. The second-order valence-corrected chi connectivity index (χ2v) is 8.02. The van der Waals surface area contributed by atoms with Crippen molar-refractivity contribution in [3.8, 4) is 0 Å². The number of aryl methyl sites for hydroxylation is 1. The topological polar surface area (TPSA) is 38.1 Å². The van der Waals surface area contributed by atoms with Crippen LogP contribution in [0.25, 0.3) is 0 Å². The summed E-state index contributed by atoms with van der Waals surface area (Å²) in [4.78, 5) is 11.9. The summed E-state index contributed by atoms with van der Waals surface area (Å²) in [7, 11) is 0. The Labute approximate surface area is 174 Å². The Morgan fingerprint density at radius 1 is 1.07 bits per heavy atom. The molecule has 28 heavy (non-hydrogen) atoms. The third kappa shape index (κ3) is 9.36. The molecule has 0 unspecified atom stereocenters. The van der Waals surface area contributed by atoms with Gasteiger partial charge in [0, 0.05) is 25.7 Å². The number of likely N-dealkylation sites (tertiary alicyclic amines) is 1. The molecule has 1 saturated heterocycles. The van der Waals surface area contributed by atoms with Gasteiger partial charge in [0.2, 0.25) is 0 Å². The van der Waals surface area contributed by atoms with Crippen molar-refractivity contribution in [2.24, 2.45) is 5.92 Å². The number of hydrogen-bond acceptors (Lipinski definition) is 3. The van der Waals surface area contributed by atoms with E-state index in [0.717, 1.165) is 12.2 Å². The molecule has 1 saturated carbocycles. The van der Waals surface area contributed by atoms with Crippen molar-refractivity contribution >= 4 is 6.29 Å². The van der Waals surface area contributed by atoms with Crippen LogP contribution in [0.4, 0.5) is 0 Å². The van der Waals surface area contributed by atoms with E-state index >= 15 is 0 Å². The molecule has 1 aromatic heterocycles. The molecule has 1 aliphatic heterocycles. The third-order valence-electron chi connectivity index (χ3n) is 5.87. The Hall–Kier alpha value is -1.16. The van der Waals surface area contributed by atoms with Crippen molar-refractivity contribution in [3.05, 3.63) is 18.0 Å². The van der Waals surface area contributed by atoms with Gasteiger partial charge in [0.1, 0.15) is 6.29 Å². The Balaban J connectivity index is 0.000000583. The average Bonchev–Trinajstić information content (AvgIpc) is 3.24. The van der Waals surface area contributed by atoms with Crippen molar-refractivity contribution < 1.29 is 4.79 Å². The quantitative estimate of drug-likeness (QED) is 0.530. The van der Waals surface area contributed by atoms with E-state index in [9.17, 15) is 4.79 Å². The number of aromatic nitrogens is 2. The Bertz CT molecular complexity index is 486. The van der Waals surface area contributed by atoms with Gasteiger partial charge in [-0.25, -0.2) is 0 Å². The molecule has 2 heterocycles. The maximum Gasteiger partial charge on any atom is 0.119 e.